The number of ketones is 1. The maximum absolute atomic E-state index is 11.3. The molecule has 0 bridgehead atoms. The van der Waals surface area contributed by atoms with Crippen molar-refractivity contribution in [3.63, 3.8) is 0 Å². The van der Waals surface area contributed by atoms with Gasteiger partial charge in [0.2, 0.25) is 11.8 Å². The minimum atomic E-state index is -0.825. The van der Waals surface area contributed by atoms with E-state index in [9.17, 15) is 19.2 Å². The number of hydroxylamine groups is 1. The average molecular weight is 303 g/mol. The van der Waals surface area contributed by atoms with Gasteiger partial charge in [0.25, 0.3) is 0 Å². The number of carbonyl (C=O) groups excluding carboxylic acids is 4. The fraction of sp³-hybridized carbons (Fsp3) is 0.667. The zero-order chi connectivity index (χ0) is 16.5. The molecule has 0 unspecified atom stereocenters. The Kier molecular flexibility index (Phi) is 7.99. The molecular weight excluding hydrogens is 282 g/mol. The predicted molar refractivity (Wildman–Crippen MR) is 72.0 cm³/mol. The van der Waals surface area contributed by atoms with Crippen molar-refractivity contribution in [2.24, 2.45) is 0 Å². The molecule has 0 spiro atoms. The summed E-state index contributed by atoms with van der Waals surface area (Å²) in [7, 11) is 0. The van der Waals surface area contributed by atoms with Gasteiger partial charge in [-0.25, -0.2) is 4.79 Å². The highest BCUT2D eigenvalue weighted by atomic mass is 16.7. The third-order valence-corrected chi connectivity index (χ3v) is 1.74. The lowest BCUT2D eigenvalue weighted by atomic mass is 10.2. The number of amides is 3. The van der Waals surface area contributed by atoms with Gasteiger partial charge in [0.05, 0.1) is 13.1 Å². The lowest BCUT2D eigenvalue weighted by Crippen LogP contribution is -2.41. The van der Waals surface area contributed by atoms with Gasteiger partial charge >= 0.3 is 6.09 Å². The Morgan fingerprint density at radius 3 is 2.05 bits per heavy atom. The summed E-state index contributed by atoms with van der Waals surface area (Å²) in [4.78, 5) is 48.9. The molecule has 0 aliphatic heterocycles. The molecular formula is C12H21N3O6. The summed E-state index contributed by atoms with van der Waals surface area (Å²) in [6.07, 6.45) is -0.825. The molecule has 0 aliphatic carbocycles. The first kappa shape index (κ1) is 18.8. The van der Waals surface area contributed by atoms with Crippen LogP contribution in [0.15, 0.2) is 0 Å². The molecule has 21 heavy (non-hydrogen) atoms. The van der Waals surface area contributed by atoms with E-state index in [1.165, 1.54) is 6.92 Å². The molecule has 0 aliphatic rings. The second-order valence-electron chi connectivity index (χ2n) is 5.15. The maximum Gasteiger partial charge on any atom is 0.431 e. The number of rotatable bonds is 7. The van der Waals surface area contributed by atoms with Crippen molar-refractivity contribution in [3.05, 3.63) is 0 Å². The fourth-order valence-corrected chi connectivity index (χ4v) is 0.975. The molecule has 120 valence electrons. The van der Waals surface area contributed by atoms with Crippen LogP contribution in [0.1, 0.15) is 27.7 Å². The van der Waals surface area contributed by atoms with Gasteiger partial charge in [-0.2, -0.15) is 5.48 Å². The first-order chi connectivity index (χ1) is 9.60. The van der Waals surface area contributed by atoms with Crippen molar-refractivity contribution >= 4 is 23.7 Å². The van der Waals surface area contributed by atoms with E-state index in [1.807, 2.05) is 5.48 Å². The summed E-state index contributed by atoms with van der Waals surface area (Å²) in [6.45, 7) is 5.51. The van der Waals surface area contributed by atoms with Crippen LogP contribution in [0.5, 0.6) is 0 Å². The topological polar surface area (TPSA) is 123 Å². The molecule has 0 rings (SSSR count). The molecule has 0 fully saturated rings. The lowest BCUT2D eigenvalue weighted by molar-refractivity contribution is -0.131. The summed E-state index contributed by atoms with van der Waals surface area (Å²) >= 11 is 0. The second-order valence-corrected chi connectivity index (χ2v) is 5.15. The molecule has 0 heterocycles. The van der Waals surface area contributed by atoms with Crippen LogP contribution >= 0.6 is 0 Å². The van der Waals surface area contributed by atoms with Gasteiger partial charge < -0.3 is 15.4 Å². The van der Waals surface area contributed by atoms with E-state index in [4.69, 9.17) is 4.74 Å². The van der Waals surface area contributed by atoms with Crippen LogP contribution in [0, 0.1) is 0 Å². The highest BCUT2D eigenvalue weighted by Crippen LogP contribution is 2.06. The molecule has 0 aromatic heterocycles. The summed E-state index contributed by atoms with van der Waals surface area (Å²) < 4.78 is 4.87. The lowest BCUT2D eigenvalue weighted by Gasteiger charge is -2.19. The number of Topliss-reactive ketones (excluding diaryl/α,β-unsaturated/α-hetero) is 1. The Hall–Kier alpha value is -2.16. The zero-order valence-corrected chi connectivity index (χ0v) is 12.6. The van der Waals surface area contributed by atoms with Gasteiger partial charge in [-0.1, -0.05) is 0 Å². The molecule has 0 atom stereocenters. The molecule has 0 aromatic carbocycles. The van der Waals surface area contributed by atoms with Crippen LogP contribution in [-0.2, 0) is 24.0 Å². The van der Waals surface area contributed by atoms with Crippen molar-refractivity contribution in [1.29, 1.82) is 0 Å². The standard InChI is InChI=1S/C12H21N3O6/c1-8(16)5-13-9(17)6-14-10(18)7-20-15-11(19)21-12(2,3)4/h5-7H2,1-4H3,(H,13,17)(H,14,18)(H,15,19). The molecule has 9 heteroatoms. The molecule has 0 saturated carbocycles. The molecule has 9 nitrogen and oxygen atoms in total. The van der Waals surface area contributed by atoms with Gasteiger partial charge in [-0.05, 0) is 27.7 Å². The van der Waals surface area contributed by atoms with Crippen molar-refractivity contribution < 1.29 is 28.8 Å². The van der Waals surface area contributed by atoms with Gasteiger partial charge in [0.1, 0.15) is 11.4 Å². The first-order valence-corrected chi connectivity index (χ1v) is 6.24. The normalized spacial score (nSPS) is 10.5. The summed E-state index contributed by atoms with van der Waals surface area (Å²) in [5.74, 6) is -1.30. The van der Waals surface area contributed by atoms with E-state index in [0.29, 0.717) is 0 Å². The van der Waals surface area contributed by atoms with Gasteiger partial charge in [-0.15, -0.1) is 0 Å². The third kappa shape index (κ3) is 12.6. The minimum absolute atomic E-state index is 0.0919. The Balaban J connectivity index is 3.74. The van der Waals surface area contributed by atoms with Gasteiger partial charge in [-0.3, -0.25) is 19.2 Å². The maximum atomic E-state index is 11.3. The largest absolute Gasteiger partial charge is 0.442 e. The number of hydrogen-bond donors (Lipinski definition) is 3. The second kappa shape index (κ2) is 8.90. The Morgan fingerprint density at radius 2 is 1.52 bits per heavy atom. The van der Waals surface area contributed by atoms with E-state index < -0.39 is 30.1 Å². The summed E-state index contributed by atoms with van der Waals surface area (Å²) in [5, 5.41) is 4.55. The quantitative estimate of drug-likeness (QED) is 0.533. The average Bonchev–Trinajstić information content (AvgIpc) is 2.31. The van der Waals surface area contributed by atoms with E-state index in [1.54, 1.807) is 20.8 Å². The SMILES string of the molecule is CC(=O)CNC(=O)CNC(=O)CONC(=O)OC(C)(C)C. The minimum Gasteiger partial charge on any atom is -0.442 e. The van der Waals surface area contributed by atoms with Crippen LogP contribution in [-0.4, -0.2) is 49.0 Å². The first-order valence-electron chi connectivity index (χ1n) is 6.24. The van der Waals surface area contributed by atoms with Crippen LogP contribution in [0.3, 0.4) is 0 Å². The number of carbonyl (C=O) groups is 4. The van der Waals surface area contributed by atoms with Gasteiger partial charge in [0, 0.05) is 0 Å². The van der Waals surface area contributed by atoms with Crippen molar-refractivity contribution in [3.8, 4) is 0 Å². The molecule has 0 saturated heterocycles. The van der Waals surface area contributed by atoms with Crippen LogP contribution in [0.25, 0.3) is 0 Å². The number of hydrogen-bond acceptors (Lipinski definition) is 6. The van der Waals surface area contributed by atoms with Crippen LogP contribution in [0.4, 0.5) is 4.79 Å². The monoisotopic (exact) mass is 303 g/mol. The van der Waals surface area contributed by atoms with E-state index in [2.05, 4.69) is 15.5 Å². The molecule has 0 radical (unpaired) electrons. The smallest absolute Gasteiger partial charge is 0.431 e. The van der Waals surface area contributed by atoms with Crippen molar-refractivity contribution in [1.82, 2.24) is 16.1 Å². The van der Waals surface area contributed by atoms with Crippen LogP contribution in [0.2, 0.25) is 0 Å². The van der Waals surface area contributed by atoms with E-state index in [-0.39, 0.29) is 18.9 Å². The highest BCUT2D eigenvalue weighted by Gasteiger charge is 2.16. The van der Waals surface area contributed by atoms with Crippen LogP contribution < -0.4 is 16.1 Å². The van der Waals surface area contributed by atoms with E-state index >= 15 is 0 Å². The number of nitrogens with one attached hydrogen (secondary N) is 3. The third-order valence-electron chi connectivity index (χ3n) is 1.74. The van der Waals surface area contributed by atoms with E-state index in [0.717, 1.165) is 0 Å². The number of ether oxygens (including phenoxy) is 1. The van der Waals surface area contributed by atoms with Gasteiger partial charge in [0.15, 0.2) is 6.61 Å². The Morgan fingerprint density at radius 1 is 0.952 bits per heavy atom. The molecule has 3 amide bonds. The zero-order valence-electron chi connectivity index (χ0n) is 12.6. The highest BCUT2D eigenvalue weighted by molar-refractivity contribution is 5.88. The summed E-state index contributed by atoms with van der Waals surface area (Å²) in [6, 6.07) is 0. The Bertz CT molecular complexity index is 402. The van der Waals surface area contributed by atoms with Crippen molar-refractivity contribution in [2.45, 2.75) is 33.3 Å². The predicted octanol–water partition coefficient (Wildman–Crippen LogP) is -0.736. The summed E-state index contributed by atoms with van der Waals surface area (Å²) in [5.41, 5.74) is 1.25. The molecule has 3 N–H and O–H groups in total. The van der Waals surface area contributed by atoms with Crippen molar-refractivity contribution in [2.75, 3.05) is 19.7 Å². The molecule has 0 aromatic rings. The fourth-order valence-electron chi connectivity index (χ4n) is 0.975. The Labute approximate surface area is 122 Å².